The second-order valence-electron chi connectivity index (χ2n) is 2.25. The van der Waals surface area contributed by atoms with Crippen molar-refractivity contribution in [1.29, 1.82) is 0 Å². The van der Waals surface area contributed by atoms with Gasteiger partial charge in [0.15, 0.2) is 0 Å². The van der Waals surface area contributed by atoms with Crippen molar-refractivity contribution in [3.8, 4) is 0 Å². The Hall–Kier alpha value is -0.340. The Morgan fingerprint density at radius 1 is 1.64 bits per heavy atom. The van der Waals surface area contributed by atoms with Gasteiger partial charge in [-0.1, -0.05) is 6.92 Å². The van der Waals surface area contributed by atoms with Crippen LogP contribution in [0.1, 0.15) is 13.3 Å². The second-order valence-corrected chi connectivity index (χ2v) is 5.33. The fourth-order valence-corrected chi connectivity index (χ4v) is 1.98. The number of amides is 1. The van der Waals surface area contributed by atoms with Crippen molar-refractivity contribution >= 4 is 13.3 Å². The highest BCUT2D eigenvalue weighted by molar-refractivity contribution is 7.58. The third-order valence-electron chi connectivity index (χ3n) is 1.51. The molecule has 0 aliphatic heterocycles. The van der Waals surface area contributed by atoms with Crippen LogP contribution in [-0.2, 0) is 13.9 Å². The van der Waals surface area contributed by atoms with Crippen molar-refractivity contribution in [3.05, 3.63) is 0 Å². The van der Waals surface area contributed by atoms with Crippen LogP contribution >= 0.6 is 7.37 Å². The largest absolute Gasteiger partial charge is 0.370 e. The number of rotatable bonds is 5. The van der Waals surface area contributed by atoms with Gasteiger partial charge in [0.05, 0.1) is 0 Å². The summed E-state index contributed by atoms with van der Waals surface area (Å²) in [7, 11) is -1.14. The summed E-state index contributed by atoms with van der Waals surface area (Å²) in [6.45, 7) is 1.77. The van der Waals surface area contributed by atoms with E-state index >= 15 is 0 Å². The third kappa shape index (κ3) is 4.17. The molecule has 0 saturated carbocycles. The lowest BCUT2D eigenvalue weighted by Crippen LogP contribution is -2.13. The zero-order chi connectivity index (χ0) is 8.91. The molecule has 0 aliphatic carbocycles. The lowest BCUT2D eigenvalue weighted by molar-refractivity contribution is -0.117. The van der Waals surface area contributed by atoms with Crippen LogP contribution < -0.4 is 5.73 Å². The average Bonchev–Trinajstić information content (AvgIpc) is 2.00. The van der Waals surface area contributed by atoms with E-state index in [1.54, 1.807) is 6.92 Å². The Morgan fingerprint density at radius 2 is 2.18 bits per heavy atom. The lowest BCUT2D eigenvalue weighted by Gasteiger charge is -2.11. The summed E-state index contributed by atoms with van der Waals surface area (Å²) in [6, 6.07) is 0. The lowest BCUT2D eigenvalue weighted by atomic mass is 10.5. The summed E-state index contributed by atoms with van der Waals surface area (Å²) in [5.41, 5.74) is 4.89. The molecule has 0 aliphatic rings. The van der Waals surface area contributed by atoms with Gasteiger partial charge in [0.25, 0.3) is 0 Å². The summed E-state index contributed by atoms with van der Waals surface area (Å²) >= 11 is 0. The summed E-state index contributed by atoms with van der Waals surface area (Å²) in [5.74, 6) is -0.435. The fraction of sp³-hybridized carbons (Fsp3) is 0.833. The molecule has 0 aromatic rings. The number of hydrogen-bond donors (Lipinski definition) is 1. The van der Waals surface area contributed by atoms with E-state index in [0.29, 0.717) is 6.16 Å². The summed E-state index contributed by atoms with van der Waals surface area (Å²) in [4.78, 5) is 10.3. The molecule has 66 valence electrons. The van der Waals surface area contributed by atoms with Crippen LogP contribution in [0.3, 0.4) is 0 Å². The molecule has 0 saturated heterocycles. The van der Waals surface area contributed by atoms with Crippen LogP contribution in [0, 0.1) is 0 Å². The van der Waals surface area contributed by atoms with Crippen molar-refractivity contribution in [2.45, 2.75) is 13.3 Å². The van der Waals surface area contributed by atoms with Crippen molar-refractivity contribution in [3.63, 3.8) is 0 Å². The highest BCUT2D eigenvalue weighted by Gasteiger charge is 2.18. The maximum absolute atomic E-state index is 11.4. The quantitative estimate of drug-likeness (QED) is 0.635. The Kier molecular flexibility index (Phi) is 4.38. The standard InChI is InChI=1S/C6H14NO3P/c1-3-11(9,10-2)5-4-6(7)8/h3-5H2,1-2H3,(H2,7,8). The molecule has 0 fully saturated rings. The summed E-state index contributed by atoms with van der Waals surface area (Å²) < 4.78 is 16.2. The van der Waals surface area contributed by atoms with Crippen LogP contribution in [0.25, 0.3) is 0 Å². The van der Waals surface area contributed by atoms with Crippen LogP contribution in [-0.4, -0.2) is 25.3 Å². The van der Waals surface area contributed by atoms with Gasteiger partial charge in [0.1, 0.15) is 0 Å². The molecule has 0 aromatic carbocycles. The number of nitrogens with two attached hydrogens (primary N) is 1. The molecular formula is C6H14NO3P. The molecule has 1 atom stereocenters. The van der Waals surface area contributed by atoms with Gasteiger partial charge in [-0.15, -0.1) is 0 Å². The zero-order valence-corrected chi connectivity index (χ0v) is 7.77. The molecule has 1 unspecified atom stereocenters. The van der Waals surface area contributed by atoms with Gasteiger partial charge in [-0.25, -0.2) is 0 Å². The Balaban J connectivity index is 3.89. The summed E-state index contributed by atoms with van der Waals surface area (Å²) in [5, 5.41) is 0. The maximum Gasteiger partial charge on any atom is 0.217 e. The van der Waals surface area contributed by atoms with Crippen LogP contribution in [0.4, 0.5) is 0 Å². The number of primary amides is 1. The van der Waals surface area contributed by atoms with Gasteiger partial charge in [-0.05, 0) is 0 Å². The first kappa shape index (κ1) is 10.7. The van der Waals surface area contributed by atoms with Crippen molar-refractivity contribution < 1.29 is 13.9 Å². The Labute approximate surface area is 66.6 Å². The monoisotopic (exact) mass is 179 g/mol. The molecule has 0 spiro atoms. The first-order chi connectivity index (χ1) is 5.04. The number of carbonyl (C=O) groups is 1. The Bertz CT molecular complexity index is 173. The number of carbonyl (C=O) groups excluding carboxylic acids is 1. The van der Waals surface area contributed by atoms with Crippen molar-refractivity contribution in [2.24, 2.45) is 5.73 Å². The zero-order valence-electron chi connectivity index (χ0n) is 6.87. The van der Waals surface area contributed by atoms with Crippen LogP contribution in [0.15, 0.2) is 0 Å². The molecule has 0 rings (SSSR count). The molecular weight excluding hydrogens is 165 g/mol. The van der Waals surface area contributed by atoms with E-state index in [9.17, 15) is 9.36 Å². The van der Waals surface area contributed by atoms with E-state index in [1.807, 2.05) is 0 Å². The maximum atomic E-state index is 11.4. The summed E-state index contributed by atoms with van der Waals surface area (Å²) in [6.07, 6.45) is 0.852. The first-order valence-corrected chi connectivity index (χ1v) is 5.45. The van der Waals surface area contributed by atoms with Gasteiger partial charge in [-0.3, -0.25) is 9.36 Å². The molecule has 0 aromatic heterocycles. The highest BCUT2D eigenvalue weighted by atomic mass is 31.2. The van der Waals surface area contributed by atoms with E-state index < -0.39 is 13.3 Å². The molecule has 1 amide bonds. The highest BCUT2D eigenvalue weighted by Crippen LogP contribution is 2.45. The van der Waals surface area contributed by atoms with E-state index in [1.165, 1.54) is 7.11 Å². The minimum atomic E-state index is -2.54. The first-order valence-electron chi connectivity index (χ1n) is 3.46. The predicted molar refractivity (Wildman–Crippen MR) is 43.8 cm³/mol. The van der Waals surface area contributed by atoms with E-state index in [4.69, 9.17) is 10.3 Å². The normalized spacial score (nSPS) is 15.8. The number of hydrogen-bond acceptors (Lipinski definition) is 3. The van der Waals surface area contributed by atoms with Crippen molar-refractivity contribution in [2.75, 3.05) is 19.4 Å². The van der Waals surface area contributed by atoms with Crippen molar-refractivity contribution in [1.82, 2.24) is 0 Å². The van der Waals surface area contributed by atoms with Gasteiger partial charge in [0.2, 0.25) is 13.3 Å². The minimum Gasteiger partial charge on any atom is -0.370 e. The van der Waals surface area contributed by atoms with Gasteiger partial charge < -0.3 is 10.3 Å². The smallest absolute Gasteiger partial charge is 0.217 e. The average molecular weight is 179 g/mol. The van der Waals surface area contributed by atoms with E-state index in [2.05, 4.69) is 0 Å². The molecule has 5 heteroatoms. The Morgan fingerprint density at radius 3 is 2.45 bits per heavy atom. The van der Waals surface area contributed by atoms with Crippen LogP contribution in [0.5, 0.6) is 0 Å². The van der Waals surface area contributed by atoms with Crippen LogP contribution in [0.2, 0.25) is 0 Å². The van der Waals surface area contributed by atoms with Gasteiger partial charge in [-0.2, -0.15) is 0 Å². The molecule has 0 heterocycles. The second kappa shape index (κ2) is 4.52. The molecule has 4 nitrogen and oxygen atoms in total. The van der Waals surface area contributed by atoms with Gasteiger partial charge in [0, 0.05) is 25.9 Å². The molecule has 2 N–H and O–H groups in total. The topological polar surface area (TPSA) is 69.4 Å². The fourth-order valence-electron chi connectivity index (χ4n) is 0.659. The molecule has 0 bridgehead atoms. The van der Waals surface area contributed by atoms with E-state index in [-0.39, 0.29) is 12.6 Å². The van der Waals surface area contributed by atoms with Gasteiger partial charge >= 0.3 is 0 Å². The molecule has 0 radical (unpaired) electrons. The third-order valence-corrected chi connectivity index (χ3v) is 4.05. The molecule has 11 heavy (non-hydrogen) atoms. The minimum absolute atomic E-state index is 0.138. The SMILES string of the molecule is CCP(=O)(CCC(N)=O)OC. The predicted octanol–water partition coefficient (Wildman–Crippen LogP) is 0.806. The van der Waals surface area contributed by atoms with E-state index in [0.717, 1.165) is 0 Å².